The molecule has 2 bridgehead atoms. The molecule has 1 spiro atoms. The van der Waals surface area contributed by atoms with Crippen molar-refractivity contribution in [2.75, 3.05) is 26.3 Å². The SMILES string of the molecule is C=CCCCCOC(=O)[C@H]1[C@H]2C(=O)N(CCCO)C(C(=O)N(CC=C)C(C)(C)C)C23CC(Br)[C@@H]1O3. The van der Waals surface area contributed by atoms with Gasteiger partial charge in [-0.15, -0.1) is 13.2 Å². The van der Waals surface area contributed by atoms with E-state index in [2.05, 4.69) is 29.1 Å². The van der Waals surface area contributed by atoms with Crippen molar-refractivity contribution in [2.45, 2.75) is 81.0 Å². The van der Waals surface area contributed by atoms with Gasteiger partial charge in [0.05, 0.1) is 24.5 Å². The molecule has 0 saturated carbocycles. The maximum absolute atomic E-state index is 14.1. The molecule has 3 saturated heterocycles. The van der Waals surface area contributed by atoms with E-state index in [1.165, 1.54) is 4.90 Å². The lowest BCUT2D eigenvalue weighted by Crippen LogP contribution is -2.60. The fourth-order valence-corrected chi connectivity index (χ4v) is 6.73. The zero-order valence-electron chi connectivity index (χ0n) is 21.1. The molecule has 3 fully saturated rings. The van der Waals surface area contributed by atoms with Crippen LogP contribution in [0.25, 0.3) is 0 Å². The summed E-state index contributed by atoms with van der Waals surface area (Å²) >= 11 is 3.66. The Labute approximate surface area is 216 Å². The number of likely N-dealkylation sites (tertiary alicyclic amines) is 1. The highest BCUT2D eigenvalue weighted by atomic mass is 79.9. The maximum Gasteiger partial charge on any atom is 0.312 e. The van der Waals surface area contributed by atoms with Crippen molar-refractivity contribution in [3.05, 3.63) is 25.3 Å². The summed E-state index contributed by atoms with van der Waals surface area (Å²) < 4.78 is 12.1. The number of aliphatic hydroxyl groups is 1. The van der Waals surface area contributed by atoms with Gasteiger partial charge in [-0.2, -0.15) is 0 Å². The molecular weight excluding hydrogens is 516 g/mol. The van der Waals surface area contributed by atoms with Crippen molar-refractivity contribution in [2.24, 2.45) is 11.8 Å². The minimum absolute atomic E-state index is 0.112. The fraction of sp³-hybridized carbons (Fsp3) is 0.731. The van der Waals surface area contributed by atoms with Crippen LogP contribution < -0.4 is 0 Å². The molecule has 3 aliphatic heterocycles. The Morgan fingerprint density at radius 1 is 1.29 bits per heavy atom. The molecule has 2 amide bonds. The number of unbranched alkanes of at least 4 members (excludes halogenated alkanes) is 2. The van der Waals surface area contributed by atoms with Crippen LogP contribution in [-0.2, 0) is 23.9 Å². The van der Waals surface area contributed by atoms with Crippen LogP contribution in [0.15, 0.2) is 25.3 Å². The first kappa shape index (κ1) is 27.9. The Morgan fingerprint density at radius 2 is 2.00 bits per heavy atom. The van der Waals surface area contributed by atoms with Gasteiger partial charge >= 0.3 is 5.97 Å². The zero-order chi connectivity index (χ0) is 26.0. The highest BCUT2D eigenvalue weighted by Crippen LogP contribution is 2.60. The number of hydrogen-bond donors (Lipinski definition) is 1. The average Bonchev–Trinajstić information content (AvgIpc) is 3.38. The quantitative estimate of drug-likeness (QED) is 0.172. The van der Waals surface area contributed by atoms with Crippen molar-refractivity contribution >= 4 is 33.7 Å². The van der Waals surface area contributed by atoms with Gasteiger partial charge < -0.3 is 24.4 Å². The number of aliphatic hydroxyl groups excluding tert-OH is 1. The number of carbonyl (C=O) groups is 3. The van der Waals surface area contributed by atoms with Crippen molar-refractivity contribution in [1.82, 2.24) is 9.80 Å². The molecule has 0 radical (unpaired) electrons. The number of fused-ring (bicyclic) bond motifs is 1. The van der Waals surface area contributed by atoms with Crippen LogP contribution >= 0.6 is 15.9 Å². The number of amides is 2. The second-order valence-corrected chi connectivity index (χ2v) is 11.8. The topological polar surface area (TPSA) is 96.4 Å². The van der Waals surface area contributed by atoms with Gasteiger partial charge in [-0.05, 0) is 52.9 Å². The van der Waals surface area contributed by atoms with Crippen molar-refractivity contribution in [3.8, 4) is 0 Å². The van der Waals surface area contributed by atoms with Gasteiger partial charge in [0.2, 0.25) is 11.8 Å². The van der Waals surface area contributed by atoms with Gasteiger partial charge in [-0.3, -0.25) is 14.4 Å². The molecule has 3 heterocycles. The lowest BCUT2D eigenvalue weighted by Gasteiger charge is -2.42. The summed E-state index contributed by atoms with van der Waals surface area (Å²) in [6, 6.07) is -0.888. The van der Waals surface area contributed by atoms with Crippen LogP contribution in [0.3, 0.4) is 0 Å². The molecule has 6 atom stereocenters. The van der Waals surface area contributed by atoms with Crippen LogP contribution in [0.2, 0.25) is 0 Å². The van der Waals surface area contributed by atoms with Gasteiger partial charge in [-0.1, -0.05) is 28.1 Å². The first-order valence-corrected chi connectivity index (χ1v) is 13.4. The maximum atomic E-state index is 14.1. The summed E-state index contributed by atoms with van der Waals surface area (Å²) in [7, 11) is 0. The molecular formula is C26H39BrN2O6. The van der Waals surface area contributed by atoms with Gasteiger partial charge in [-0.25, -0.2) is 0 Å². The summed E-state index contributed by atoms with van der Waals surface area (Å²) in [5.41, 5.74) is -1.64. The van der Waals surface area contributed by atoms with E-state index in [0.717, 1.165) is 12.8 Å². The molecule has 3 unspecified atom stereocenters. The zero-order valence-corrected chi connectivity index (χ0v) is 22.7. The molecule has 0 aromatic carbocycles. The number of allylic oxidation sites excluding steroid dienone is 1. The Kier molecular flexibility index (Phi) is 8.86. The fourth-order valence-electron chi connectivity index (χ4n) is 5.79. The molecule has 8 nitrogen and oxygen atoms in total. The van der Waals surface area contributed by atoms with Crippen LogP contribution in [0.5, 0.6) is 0 Å². The van der Waals surface area contributed by atoms with E-state index in [1.807, 2.05) is 26.8 Å². The molecule has 3 aliphatic rings. The van der Waals surface area contributed by atoms with E-state index in [0.29, 0.717) is 25.8 Å². The number of hydrogen-bond acceptors (Lipinski definition) is 6. The highest BCUT2D eigenvalue weighted by molar-refractivity contribution is 9.09. The second-order valence-electron chi connectivity index (χ2n) is 10.6. The Morgan fingerprint density at radius 3 is 2.60 bits per heavy atom. The first-order chi connectivity index (χ1) is 16.5. The van der Waals surface area contributed by atoms with E-state index < -0.39 is 41.1 Å². The molecule has 9 heteroatoms. The van der Waals surface area contributed by atoms with Crippen LogP contribution in [0.1, 0.15) is 52.9 Å². The summed E-state index contributed by atoms with van der Waals surface area (Å²) in [6.45, 7) is 14.0. The van der Waals surface area contributed by atoms with Gasteiger partial charge in [0.1, 0.15) is 11.6 Å². The summed E-state index contributed by atoms with van der Waals surface area (Å²) in [5.74, 6) is -2.53. The van der Waals surface area contributed by atoms with E-state index in [1.54, 1.807) is 11.0 Å². The van der Waals surface area contributed by atoms with E-state index in [4.69, 9.17) is 9.47 Å². The van der Waals surface area contributed by atoms with E-state index >= 15 is 0 Å². The van der Waals surface area contributed by atoms with Gasteiger partial charge in [0.15, 0.2) is 0 Å². The Bertz CT molecular complexity index is 842. The second kappa shape index (κ2) is 11.1. The number of esters is 1. The largest absolute Gasteiger partial charge is 0.465 e. The minimum Gasteiger partial charge on any atom is -0.465 e. The normalized spacial score (nSPS) is 31.4. The predicted octanol–water partition coefficient (Wildman–Crippen LogP) is 2.83. The molecule has 0 aliphatic carbocycles. The third kappa shape index (κ3) is 5.09. The summed E-state index contributed by atoms with van der Waals surface area (Å²) in [6.07, 6.45) is 6.15. The Hall–Kier alpha value is -1.71. The lowest BCUT2D eigenvalue weighted by molar-refractivity contribution is -0.155. The highest BCUT2D eigenvalue weighted by Gasteiger charge is 2.77. The predicted molar refractivity (Wildman–Crippen MR) is 136 cm³/mol. The molecule has 3 rings (SSSR count). The van der Waals surface area contributed by atoms with Crippen molar-refractivity contribution in [3.63, 3.8) is 0 Å². The first-order valence-electron chi connectivity index (χ1n) is 12.5. The Balaban J connectivity index is 1.95. The minimum atomic E-state index is -1.13. The monoisotopic (exact) mass is 554 g/mol. The number of alkyl halides is 1. The average molecular weight is 556 g/mol. The molecule has 196 valence electrons. The van der Waals surface area contributed by atoms with Crippen molar-refractivity contribution in [1.29, 1.82) is 0 Å². The molecule has 1 N–H and O–H groups in total. The standard InChI is InChI=1S/C26H39BrN2O6/c1-6-8-9-10-15-34-24(33)18-19-22(31)28(13-11-14-30)21(26(19)16-17(27)20(18)35-26)23(32)29(12-7-2)25(3,4)5/h6-7,17-21,30H,1-2,8-16H2,3-5H3/t17?,18-,19-,20-,21?,26?/m0/s1. The smallest absolute Gasteiger partial charge is 0.312 e. The van der Waals surface area contributed by atoms with E-state index in [9.17, 15) is 19.5 Å². The summed E-state index contributed by atoms with van der Waals surface area (Å²) in [4.78, 5) is 44.2. The number of carbonyl (C=O) groups excluding carboxylic acids is 3. The third-order valence-corrected chi connectivity index (χ3v) is 8.13. The molecule has 35 heavy (non-hydrogen) atoms. The van der Waals surface area contributed by atoms with Crippen LogP contribution in [-0.4, -0.2) is 87.1 Å². The molecule has 0 aromatic rings. The van der Waals surface area contributed by atoms with Gasteiger partial charge in [0.25, 0.3) is 0 Å². The van der Waals surface area contributed by atoms with Crippen molar-refractivity contribution < 1.29 is 29.0 Å². The van der Waals surface area contributed by atoms with Crippen LogP contribution in [0, 0.1) is 11.8 Å². The number of nitrogens with zero attached hydrogens (tertiary/aromatic N) is 2. The van der Waals surface area contributed by atoms with Crippen LogP contribution in [0.4, 0.5) is 0 Å². The lowest BCUT2D eigenvalue weighted by atomic mass is 9.70. The van der Waals surface area contributed by atoms with Gasteiger partial charge in [0, 0.05) is 30.1 Å². The third-order valence-electron chi connectivity index (χ3n) is 7.29. The number of rotatable bonds is 12. The number of ether oxygens (including phenoxy) is 2. The molecule has 0 aromatic heterocycles. The number of halogens is 1. The summed E-state index contributed by atoms with van der Waals surface area (Å²) in [5, 5.41) is 9.47. The van der Waals surface area contributed by atoms with E-state index in [-0.39, 0.29) is 36.4 Å².